The molecule has 0 spiro atoms. The van der Waals surface area contributed by atoms with Gasteiger partial charge in [0.15, 0.2) is 0 Å². The van der Waals surface area contributed by atoms with Crippen molar-refractivity contribution in [1.82, 2.24) is 9.80 Å². The second-order valence-electron chi connectivity index (χ2n) is 5.06. The lowest BCUT2D eigenvalue weighted by Crippen LogP contribution is -2.29. The van der Waals surface area contributed by atoms with E-state index in [9.17, 15) is 4.79 Å². The van der Waals surface area contributed by atoms with Crippen molar-refractivity contribution in [1.29, 1.82) is 0 Å². The zero-order valence-electron chi connectivity index (χ0n) is 12.7. The molecule has 0 saturated carbocycles. The highest BCUT2D eigenvalue weighted by molar-refractivity contribution is 5.77. The van der Waals surface area contributed by atoms with Crippen LogP contribution in [0.4, 0.5) is 0 Å². The zero-order chi connectivity index (χ0) is 14.0. The minimum atomic E-state index is 0.186. The number of hydrogen-bond donors (Lipinski definition) is 0. The van der Waals surface area contributed by atoms with Crippen LogP contribution in [0, 0.1) is 0 Å². The summed E-state index contributed by atoms with van der Waals surface area (Å²) in [6.45, 7) is 14.5. The Bertz CT molecular complexity index is 245. The Morgan fingerprint density at radius 3 is 2.06 bits per heavy atom. The van der Waals surface area contributed by atoms with Crippen LogP contribution in [0.3, 0.4) is 0 Å². The Labute approximate surface area is 113 Å². The van der Waals surface area contributed by atoms with Gasteiger partial charge in [-0.05, 0) is 45.8 Å². The third-order valence-corrected chi connectivity index (χ3v) is 3.04. The number of ketones is 1. The first-order chi connectivity index (χ1) is 8.51. The largest absolute Gasteiger partial charge is 0.378 e. The highest BCUT2D eigenvalue weighted by atomic mass is 16.1. The van der Waals surface area contributed by atoms with Gasteiger partial charge in [0.05, 0.1) is 0 Å². The highest BCUT2D eigenvalue weighted by Gasteiger charge is 2.06. The van der Waals surface area contributed by atoms with E-state index in [1.54, 1.807) is 6.92 Å². The molecule has 0 atom stereocenters. The van der Waals surface area contributed by atoms with Crippen molar-refractivity contribution in [2.75, 3.05) is 33.2 Å². The van der Waals surface area contributed by atoms with Crippen LogP contribution in [0.15, 0.2) is 12.3 Å². The summed E-state index contributed by atoms with van der Waals surface area (Å²) in [5.41, 5.74) is 0.931. The predicted octanol–water partition coefficient (Wildman–Crippen LogP) is 2.92. The molecule has 0 bridgehead atoms. The highest BCUT2D eigenvalue weighted by Crippen LogP contribution is 2.06. The van der Waals surface area contributed by atoms with Gasteiger partial charge in [0.1, 0.15) is 5.78 Å². The number of allylic oxidation sites excluding steroid dienone is 1. The van der Waals surface area contributed by atoms with Crippen molar-refractivity contribution in [2.45, 2.75) is 46.5 Å². The summed E-state index contributed by atoms with van der Waals surface area (Å²) < 4.78 is 0. The van der Waals surface area contributed by atoms with Crippen molar-refractivity contribution in [3.8, 4) is 0 Å². The molecule has 0 aromatic carbocycles. The van der Waals surface area contributed by atoms with Crippen molar-refractivity contribution in [3.63, 3.8) is 0 Å². The third-order valence-electron chi connectivity index (χ3n) is 3.04. The van der Waals surface area contributed by atoms with Crippen molar-refractivity contribution < 1.29 is 4.79 Å². The molecule has 0 fully saturated rings. The van der Waals surface area contributed by atoms with Crippen LogP contribution in [0.25, 0.3) is 0 Å². The molecular weight excluding hydrogens is 224 g/mol. The van der Waals surface area contributed by atoms with Crippen LogP contribution in [0.5, 0.6) is 0 Å². The normalized spacial score (nSPS) is 10.7. The molecule has 0 aliphatic carbocycles. The van der Waals surface area contributed by atoms with Gasteiger partial charge in [-0.3, -0.25) is 4.79 Å². The number of Topliss-reactive ketones (excluding diaryl/α,β-unsaturated/α-hetero) is 1. The van der Waals surface area contributed by atoms with Crippen LogP contribution in [0.2, 0.25) is 0 Å². The summed E-state index contributed by atoms with van der Waals surface area (Å²) in [6.07, 6.45) is 4.04. The van der Waals surface area contributed by atoms with E-state index in [1.807, 2.05) is 7.05 Å². The molecule has 0 rings (SSSR count). The van der Waals surface area contributed by atoms with E-state index < -0.39 is 0 Å². The molecule has 18 heavy (non-hydrogen) atoms. The number of carbonyl (C=O) groups is 1. The Hall–Kier alpha value is -0.830. The summed E-state index contributed by atoms with van der Waals surface area (Å²) in [4.78, 5) is 15.6. The summed E-state index contributed by atoms with van der Waals surface area (Å²) >= 11 is 0. The van der Waals surface area contributed by atoms with Gasteiger partial charge < -0.3 is 9.80 Å². The maximum atomic E-state index is 11.0. The zero-order valence-corrected chi connectivity index (χ0v) is 12.7. The van der Waals surface area contributed by atoms with E-state index in [1.165, 1.54) is 25.9 Å². The lowest BCUT2D eigenvalue weighted by atomic mass is 10.2. The molecule has 106 valence electrons. The van der Waals surface area contributed by atoms with E-state index in [0.717, 1.165) is 25.2 Å². The average Bonchev–Trinajstić information content (AvgIpc) is 2.28. The van der Waals surface area contributed by atoms with Gasteiger partial charge in [0.2, 0.25) is 0 Å². The summed E-state index contributed by atoms with van der Waals surface area (Å²) in [5, 5.41) is 0. The van der Waals surface area contributed by atoms with Gasteiger partial charge in [-0.2, -0.15) is 0 Å². The Morgan fingerprint density at radius 2 is 1.61 bits per heavy atom. The van der Waals surface area contributed by atoms with Crippen molar-refractivity contribution >= 4 is 5.78 Å². The molecule has 3 heteroatoms. The van der Waals surface area contributed by atoms with Crippen LogP contribution in [-0.2, 0) is 4.79 Å². The molecule has 0 saturated heterocycles. The molecular formula is C15H30N2O. The van der Waals surface area contributed by atoms with Crippen LogP contribution in [0.1, 0.15) is 46.5 Å². The summed E-state index contributed by atoms with van der Waals surface area (Å²) in [5.74, 6) is 0.186. The topological polar surface area (TPSA) is 23.6 Å². The number of carbonyl (C=O) groups excluding carboxylic acids is 1. The maximum Gasteiger partial charge on any atom is 0.135 e. The van der Waals surface area contributed by atoms with Gasteiger partial charge >= 0.3 is 0 Å². The van der Waals surface area contributed by atoms with E-state index in [4.69, 9.17) is 0 Å². The summed E-state index contributed by atoms with van der Waals surface area (Å²) in [7, 11) is 2.02. The van der Waals surface area contributed by atoms with E-state index in [2.05, 4.69) is 30.2 Å². The van der Waals surface area contributed by atoms with Crippen molar-refractivity contribution in [3.05, 3.63) is 12.3 Å². The molecule has 0 heterocycles. The van der Waals surface area contributed by atoms with Crippen LogP contribution < -0.4 is 0 Å². The van der Waals surface area contributed by atoms with Gasteiger partial charge in [-0.15, -0.1) is 0 Å². The molecule has 0 radical (unpaired) electrons. The van der Waals surface area contributed by atoms with Crippen LogP contribution in [-0.4, -0.2) is 48.8 Å². The molecule has 3 nitrogen and oxygen atoms in total. The lowest BCUT2D eigenvalue weighted by Gasteiger charge is -2.25. The summed E-state index contributed by atoms with van der Waals surface area (Å²) in [6, 6.07) is 0. The fourth-order valence-corrected chi connectivity index (χ4v) is 2.08. The lowest BCUT2D eigenvalue weighted by molar-refractivity contribution is -0.116. The Balaban J connectivity index is 3.86. The molecule has 0 aliphatic heterocycles. The Kier molecular flexibility index (Phi) is 9.66. The quantitative estimate of drug-likeness (QED) is 0.566. The first-order valence-electron chi connectivity index (χ1n) is 7.11. The van der Waals surface area contributed by atoms with Crippen molar-refractivity contribution in [2.24, 2.45) is 0 Å². The number of rotatable bonds is 11. The standard InChI is InChI=1S/C15H30N2O/c1-6-9-17(10-7-2)12-8-11-16(5)14(3)13-15(4)18/h3,6-13H2,1-2,4-5H3. The molecule has 0 aliphatic rings. The molecule has 0 amide bonds. The fourth-order valence-electron chi connectivity index (χ4n) is 2.08. The first kappa shape index (κ1) is 17.2. The fraction of sp³-hybridized carbons (Fsp3) is 0.800. The average molecular weight is 254 g/mol. The SMILES string of the molecule is C=C(CC(C)=O)N(C)CCCN(CCC)CCC. The van der Waals surface area contributed by atoms with E-state index in [-0.39, 0.29) is 5.78 Å². The number of nitrogens with zero attached hydrogens (tertiary/aromatic N) is 2. The second kappa shape index (κ2) is 10.1. The van der Waals surface area contributed by atoms with E-state index >= 15 is 0 Å². The third kappa shape index (κ3) is 8.29. The molecule has 0 unspecified atom stereocenters. The Morgan fingerprint density at radius 1 is 1.06 bits per heavy atom. The maximum absolute atomic E-state index is 11.0. The second-order valence-corrected chi connectivity index (χ2v) is 5.06. The van der Waals surface area contributed by atoms with E-state index in [0.29, 0.717) is 6.42 Å². The minimum absolute atomic E-state index is 0.186. The van der Waals surface area contributed by atoms with Gasteiger partial charge in [-0.25, -0.2) is 0 Å². The smallest absolute Gasteiger partial charge is 0.135 e. The van der Waals surface area contributed by atoms with Gasteiger partial charge in [0.25, 0.3) is 0 Å². The molecule has 0 aromatic rings. The monoisotopic (exact) mass is 254 g/mol. The van der Waals surface area contributed by atoms with Crippen LogP contribution >= 0.6 is 0 Å². The number of hydrogen-bond acceptors (Lipinski definition) is 3. The minimum Gasteiger partial charge on any atom is -0.378 e. The predicted molar refractivity (Wildman–Crippen MR) is 78.7 cm³/mol. The first-order valence-corrected chi connectivity index (χ1v) is 7.11. The molecule has 0 N–H and O–H groups in total. The van der Waals surface area contributed by atoms with Gasteiger partial charge in [0, 0.05) is 25.7 Å². The van der Waals surface area contributed by atoms with Gasteiger partial charge in [-0.1, -0.05) is 20.4 Å². The molecule has 0 aromatic heterocycles.